The minimum absolute atomic E-state index is 0.0314. The van der Waals surface area contributed by atoms with Crippen molar-refractivity contribution in [2.45, 2.75) is 35.6 Å². The van der Waals surface area contributed by atoms with E-state index in [1.165, 1.54) is 10.5 Å². The van der Waals surface area contributed by atoms with E-state index in [4.69, 9.17) is 4.74 Å². The van der Waals surface area contributed by atoms with Gasteiger partial charge in [-0.15, -0.1) is 11.8 Å². The molecule has 2 aliphatic rings. The summed E-state index contributed by atoms with van der Waals surface area (Å²) in [5, 5.41) is 0.811. The molecule has 3 atom stereocenters. The molecule has 20 heavy (non-hydrogen) atoms. The summed E-state index contributed by atoms with van der Waals surface area (Å²) in [6, 6.07) is 8.49. The van der Waals surface area contributed by atoms with Crippen LogP contribution in [-0.4, -0.2) is 46.7 Å². The van der Waals surface area contributed by atoms with Gasteiger partial charge in [0.15, 0.2) is 0 Å². The third-order valence-electron chi connectivity index (χ3n) is 3.88. The van der Waals surface area contributed by atoms with Gasteiger partial charge in [-0.05, 0) is 25.0 Å². The second kappa shape index (κ2) is 6.08. The molecule has 0 aliphatic carbocycles. The lowest BCUT2D eigenvalue weighted by Crippen LogP contribution is -2.53. The third-order valence-corrected chi connectivity index (χ3v) is 5.91. The lowest BCUT2D eigenvalue weighted by Gasteiger charge is -2.38. The minimum Gasteiger partial charge on any atom is -0.373 e. The quantitative estimate of drug-likeness (QED) is 0.764. The molecule has 0 bridgehead atoms. The average molecular weight is 356 g/mol. The summed E-state index contributed by atoms with van der Waals surface area (Å²) in [5.41, 5.74) is 1.30. The van der Waals surface area contributed by atoms with Gasteiger partial charge in [-0.2, -0.15) is 0 Å². The normalized spacial score (nSPS) is 29.3. The number of amides is 1. The second-order valence-electron chi connectivity index (χ2n) is 5.37. The molecule has 2 heterocycles. The van der Waals surface area contributed by atoms with E-state index in [1.807, 2.05) is 17.0 Å². The fourth-order valence-electron chi connectivity index (χ4n) is 2.72. The zero-order valence-electron chi connectivity index (χ0n) is 11.4. The zero-order valence-corrected chi connectivity index (χ0v) is 13.8. The van der Waals surface area contributed by atoms with Crippen molar-refractivity contribution in [3.63, 3.8) is 0 Å². The molecule has 1 aromatic rings. The van der Waals surface area contributed by atoms with Crippen LogP contribution in [0, 0.1) is 0 Å². The highest BCUT2D eigenvalue weighted by molar-refractivity contribution is 9.09. The first-order valence-electron chi connectivity index (χ1n) is 6.91. The van der Waals surface area contributed by atoms with Crippen molar-refractivity contribution in [2.24, 2.45) is 0 Å². The summed E-state index contributed by atoms with van der Waals surface area (Å²) < 4.78 is 5.70. The van der Waals surface area contributed by atoms with Crippen LogP contribution in [0.2, 0.25) is 0 Å². The number of ether oxygens (including phenoxy) is 1. The number of halogens is 1. The molecule has 0 aromatic heterocycles. The van der Waals surface area contributed by atoms with Crippen LogP contribution in [0.4, 0.5) is 0 Å². The Morgan fingerprint density at radius 2 is 2.30 bits per heavy atom. The standard InChI is InChI=1S/C15H18BrNO2S/c1-10-9-19-12(7-16)8-17(10)15(18)14-6-11-4-2-3-5-13(11)20-14/h2-5,10,12,14H,6-9H2,1H3. The molecule has 0 spiro atoms. The van der Waals surface area contributed by atoms with Gasteiger partial charge in [0.25, 0.3) is 0 Å². The summed E-state index contributed by atoms with van der Waals surface area (Å²) in [7, 11) is 0. The molecule has 0 saturated carbocycles. The number of carbonyl (C=O) groups excluding carboxylic acids is 1. The molecule has 108 valence electrons. The van der Waals surface area contributed by atoms with Gasteiger partial charge in [-0.25, -0.2) is 0 Å². The first-order chi connectivity index (χ1) is 9.69. The van der Waals surface area contributed by atoms with Crippen LogP contribution in [0.3, 0.4) is 0 Å². The Hall–Kier alpha value is -0.520. The minimum atomic E-state index is 0.0314. The predicted molar refractivity (Wildman–Crippen MR) is 84.5 cm³/mol. The fraction of sp³-hybridized carbons (Fsp3) is 0.533. The van der Waals surface area contributed by atoms with Gasteiger partial charge in [-0.3, -0.25) is 4.79 Å². The Morgan fingerprint density at radius 1 is 1.50 bits per heavy atom. The van der Waals surface area contributed by atoms with Crippen molar-refractivity contribution < 1.29 is 9.53 Å². The van der Waals surface area contributed by atoms with Crippen molar-refractivity contribution in [2.75, 3.05) is 18.5 Å². The summed E-state index contributed by atoms with van der Waals surface area (Å²) in [6.07, 6.45) is 0.965. The van der Waals surface area contributed by atoms with E-state index < -0.39 is 0 Å². The molecule has 1 fully saturated rings. The van der Waals surface area contributed by atoms with E-state index in [0.29, 0.717) is 13.2 Å². The van der Waals surface area contributed by atoms with Crippen LogP contribution in [0.15, 0.2) is 29.2 Å². The molecule has 1 aromatic carbocycles. The van der Waals surface area contributed by atoms with Crippen molar-refractivity contribution in [1.29, 1.82) is 0 Å². The first-order valence-corrected chi connectivity index (χ1v) is 8.91. The largest absolute Gasteiger partial charge is 0.373 e. The summed E-state index contributed by atoms with van der Waals surface area (Å²) in [4.78, 5) is 16.0. The van der Waals surface area contributed by atoms with Gasteiger partial charge < -0.3 is 9.64 Å². The van der Waals surface area contributed by atoms with E-state index in [2.05, 4.69) is 35.0 Å². The molecule has 3 nitrogen and oxygen atoms in total. The number of fused-ring (bicyclic) bond motifs is 1. The van der Waals surface area contributed by atoms with Gasteiger partial charge in [0.1, 0.15) is 0 Å². The molecule has 0 radical (unpaired) electrons. The number of nitrogens with zero attached hydrogens (tertiary/aromatic N) is 1. The van der Waals surface area contributed by atoms with Gasteiger partial charge in [0, 0.05) is 16.8 Å². The first kappa shape index (κ1) is 14.4. The van der Waals surface area contributed by atoms with Crippen molar-refractivity contribution >= 4 is 33.6 Å². The van der Waals surface area contributed by atoms with Crippen LogP contribution >= 0.6 is 27.7 Å². The van der Waals surface area contributed by atoms with Crippen LogP contribution in [-0.2, 0) is 16.0 Å². The molecular weight excluding hydrogens is 338 g/mol. The summed E-state index contributed by atoms with van der Waals surface area (Å²) >= 11 is 5.15. The third kappa shape index (κ3) is 2.76. The maximum atomic E-state index is 12.8. The molecule has 1 amide bonds. The van der Waals surface area contributed by atoms with Crippen LogP contribution in [0.1, 0.15) is 12.5 Å². The average Bonchev–Trinajstić information content (AvgIpc) is 2.91. The topological polar surface area (TPSA) is 29.5 Å². The smallest absolute Gasteiger partial charge is 0.236 e. The van der Waals surface area contributed by atoms with Crippen molar-refractivity contribution in [1.82, 2.24) is 4.90 Å². The van der Waals surface area contributed by atoms with E-state index in [9.17, 15) is 4.79 Å². The van der Waals surface area contributed by atoms with Crippen molar-refractivity contribution in [3.8, 4) is 0 Å². The van der Waals surface area contributed by atoms with Gasteiger partial charge in [0.05, 0.1) is 24.0 Å². The monoisotopic (exact) mass is 355 g/mol. The lowest BCUT2D eigenvalue weighted by atomic mass is 10.1. The lowest BCUT2D eigenvalue weighted by molar-refractivity contribution is -0.142. The summed E-state index contributed by atoms with van der Waals surface area (Å²) in [6.45, 7) is 3.39. The molecule has 0 N–H and O–H groups in total. The van der Waals surface area contributed by atoms with Crippen LogP contribution in [0.25, 0.3) is 0 Å². The Labute approximate surface area is 132 Å². The predicted octanol–water partition coefficient (Wildman–Crippen LogP) is 2.71. The SMILES string of the molecule is CC1COC(CBr)CN1C(=O)C1Cc2ccccc2S1. The van der Waals surface area contributed by atoms with E-state index in [0.717, 1.165) is 11.8 Å². The van der Waals surface area contributed by atoms with E-state index in [1.54, 1.807) is 11.8 Å². The fourth-order valence-corrected chi connectivity index (χ4v) is 4.38. The highest BCUT2D eigenvalue weighted by atomic mass is 79.9. The Morgan fingerprint density at radius 3 is 3.05 bits per heavy atom. The molecule has 3 unspecified atom stereocenters. The molecule has 1 saturated heterocycles. The maximum absolute atomic E-state index is 12.8. The molecule has 2 aliphatic heterocycles. The van der Waals surface area contributed by atoms with Crippen LogP contribution < -0.4 is 0 Å². The number of morpholine rings is 1. The van der Waals surface area contributed by atoms with Crippen LogP contribution in [0.5, 0.6) is 0 Å². The number of rotatable bonds is 2. The number of hydrogen-bond acceptors (Lipinski definition) is 3. The Bertz CT molecular complexity index is 485. The zero-order chi connectivity index (χ0) is 14.1. The molecular formula is C15H18BrNO2S. The number of thioether (sulfide) groups is 1. The number of hydrogen-bond donors (Lipinski definition) is 0. The molecule has 5 heteroatoms. The number of carbonyl (C=O) groups is 1. The summed E-state index contributed by atoms with van der Waals surface area (Å²) in [5.74, 6) is 0.257. The number of benzene rings is 1. The highest BCUT2D eigenvalue weighted by Gasteiger charge is 2.36. The van der Waals surface area contributed by atoms with E-state index >= 15 is 0 Å². The highest BCUT2D eigenvalue weighted by Crippen LogP contribution is 2.38. The maximum Gasteiger partial charge on any atom is 0.236 e. The van der Waals surface area contributed by atoms with Gasteiger partial charge in [-0.1, -0.05) is 34.1 Å². The Balaban J connectivity index is 1.70. The van der Waals surface area contributed by atoms with Gasteiger partial charge >= 0.3 is 0 Å². The number of alkyl halides is 1. The van der Waals surface area contributed by atoms with Gasteiger partial charge in [0.2, 0.25) is 5.91 Å². The van der Waals surface area contributed by atoms with Crippen molar-refractivity contribution in [3.05, 3.63) is 29.8 Å². The second-order valence-corrected chi connectivity index (χ2v) is 7.26. The Kier molecular flexibility index (Phi) is 4.38. The molecule has 3 rings (SSSR count). The van der Waals surface area contributed by atoms with E-state index in [-0.39, 0.29) is 23.3 Å².